The van der Waals surface area contributed by atoms with Crippen molar-refractivity contribution in [2.24, 2.45) is 5.73 Å². The summed E-state index contributed by atoms with van der Waals surface area (Å²) in [4.78, 5) is 17.4. The second kappa shape index (κ2) is 6.54. The SMILES string of the molecule is Cc1cccc(C)c1C(=O)N1CCN(C(C)C(N)=S)CC1. The molecule has 21 heavy (non-hydrogen) atoms. The van der Waals surface area contributed by atoms with Crippen LogP contribution in [0.1, 0.15) is 28.4 Å². The molecule has 1 aromatic carbocycles. The Hall–Kier alpha value is -1.46. The molecule has 0 saturated carbocycles. The van der Waals surface area contributed by atoms with Crippen molar-refractivity contribution in [1.29, 1.82) is 0 Å². The fourth-order valence-electron chi connectivity index (χ4n) is 2.80. The zero-order valence-electron chi connectivity index (χ0n) is 12.9. The third kappa shape index (κ3) is 3.41. The summed E-state index contributed by atoms with van der Waals surface area (Å²) in [5, 5.41) is 0. The van der Waals surface area contributed by atoms with Crippen LogP contribution in [0.3, 0.4) is 0 Å². The first-order valence-corrected chi connectivity index (χ1v) is 7.71. The molecule has 0 bridgehead atoms. The number of nitrogens with two attached hydrogens (primary N) is 1. The van der Waals surface area contributed by atoms with Gasteiger partial charge in [0.25, 0.3) is 5.91 Å². The van der Waals surface area contributed by atoms with Crippen molar-refractivity contribution >= 4 is 23.1 Å². The monoisotopic (exact) mass is 305 g/mol. The highest BCUT2D eigenvalue weighted by Crippen LogP contribution is 2.17. The molecule has 1 heterocycles. The largest absolute Gasteiger partial charge is 0.392 e. The first-order valence-electron chi connectivity index (χ1n) is 7.30. The highest BCUT2D eigenvalue weighted by molar-refractivity contribution is 7.80. The average molecular weight is 305 g/mol. The lowest BCUT2D eigenvalue weighted by molar-refractivity contribution is 0.0620. The summed E-state index contributed by atoms with van der Waals surface area (Å²) < 4.78 is 0. The Labute approximate surface area is 131 Å². The van der Waals surface area contributed by atoms with Gasteiger partial charge in [-0.25, -0.2) is 0 Å². The maximum absolute atomic E-state index is 12.7. The summed E-state index contributed by atoms with van der Waals surface area (Å²) in [6.45, 7) is 9.08. The Morgan fingerprint density at radius 1 is 1.19 bits per heavy atom. The maximum Gasteiger partial charge on any atom is 0.254 e. The van der Waals surface area contributed by atoms with Crippen molar-refractivity contribution in [3.05, 3.63) is 34.9 Å². The van der Waals surface area contributed by atoms with Crippen LogP contribution in [0.25, 0.3) is 0 Å². The lowest BCUT2D eigenvalue weighted by Gasteiger charge is -2.38. The quantitative estimate of drug-likeness (QED) is 0.864. The van der Waals surface area contributed by atoms with Gasteiger partial charge in [0.05, 0.1) is 11.0 Å². The number of hydrogen-bond donors (Lipinski definition) is 1. The van der Waals surface area contributed by atoms with Gasteiger partial charge in [-0.3, -0.25) is 9.69 Å². The molecule has 114 valence electrons. The molecular formula is C16H23N3OS. The van der Waals surface area contributed by atoms with Crippen LogP contribution >= 0.6 is 12.2 Å². The second-order valence-electron chi connectivity index (χ2n) is 5.67. The van der Waals surface area contributed by atoms with E-state index in [4.69, 9.17) is 18.0 Å². The summed E-state index contributed by atoms with van der Waals surface area (Å²) in [5.41, 5.74) is 8.62. The van der Waals surface area contributed by atoms with Crippen molar-refractivity contribution in [2.75, 3.05) is 26.2 Å². The molecule has 1 aliphatic rings. The van der Waals surface area contributed by atoms with Gasteiger partial charge in [0.1, 0.15) is 0 Å². The van der Waals surface area contributed by atoms with Gasteiger partial charge in [-0.2, -0.15) is 0 Å². The molecule has 1 amide bonds. The third-order valence-electron chi connectivity index (χ3n) is 4.26. The maximum atomic E-state index is 12.7. The molecule has 4 nitrogen and oxygen atoms in total. The van der Waals surface area contributed by atoms with Crippen molar-refractivity contribution in [1.82, 2.24) is 9.80 Å². The number of aryl methyl sites for hydroxylation is 2. The first kappa shape index (κ1) is 15.9. The van der Waals surface area contributed by atoms with Crippen LogP contribution in [-0.4, -0.2) is 52.9 Å². The van der Waals surface area contributed by atoms with E-state index in [9.17, 15) is 4.79 Å². The van der Waals surface area contributed by atoms with Crippen LogP contribution in [0, 0.1) is 13.8 Å². The van der Waals surface area contributed by atoms with E-state index in [0.717, 1.165) is 42.9 Å². The summed E-state index contributed by atoms with van der Waals surface area (Å²) >= 11 is 5.05. The van der Waals surface area contributed by atoms with E-state index in [1.165, 1.54) is 0 Å². The number of rotatable bonds is 3. The molecule has 1 aromatic rings. The zero-order valence-corrected chi connectivity index (χ0v) is 13.7. The van der Waals surface area contributed by atoms with E-state index < -0.39 is 0 Å². The Balaban J connectivity index is 2.06. The highest BCUT2D eigenvalue weighted by atomic mass is 32.1. The fourth-order valence-corrected chi connectivity index (χ4v) is 2.95. The number of carbonyl (C=O) groups is 1. The van der Waals surface area contributed by atoms with Crippen LogP contribution < -0.4 is 5.73 Å². The van der Waals surface area contributed by atoms with Gasteiger partial charge in [-0.15, -0.1) is 0 Å². The number of nitrogens with zero attached hydrogens (tertiary/aromatic N) is 2. The molecule has 2 N–H and O–H groups in total. The lowest BCUT2D eigenvalue weighted by atomic mass is 10.0. The van der Waals surface area contributed by atoms with Gasteiger partial charge in [-0.05, 0) is 31.9 Å². The third-order valence-corrected chi connectivity index (χ3v) is 4.60. The van der Waals surface area contributed by atoms with E-state index in [1.807, 2.05) is 43.9 Å². The summed E-state index contributed by atoms with van der Waals surface area (Å²) in [6, 6.07) is 6.07. The van der Waals surface area contributed by atoms with Crippen LogP contribution in [0.2, 0.25) is 0 Å². The normalized spacial score (nSPS) is 17.6. The Kier molecular flexibility index (Phi) is 4.96. The van der Waals surface area contributed by atoms with Gasteiger partial charge in [0.2, 0.25) is 0 Å². The number of hydrogen-bond acceptors (Lipinski definition) is 3. The number of thiocarbonyl (C=S) groups is 1. The Morgan fingerprint density at radius 2 is 1.71 bits per heavy atom. The second-order valence-corrected chi connectivity index (χ2v) is 6.14. The molecule has 0 aromatic heterocycles. The molecule has 2 rings (SSSR count). The minimum atomic E-state index is 0.0949. The smallest absolute Gasteiger partial charge is 0.254 e. The lowest BCUT2D eigenvalue weighted by Crippen LogP contribution is -2.54. The molecule has 5 heteroatoms. The van der Waals surface area contributed by atoms with E-state index in [1.54, 1.807) is 0 Å². The number of carbonyl (C=O) groups excluding carboxylic acids is 1. The summed E-state index contributed by atoms with van der Waals surface area (Å²) in [5.74, 6) is 0.133. The Morgan fingerprint density at radius 3 is 2.19 bits per heavy atom. The molecule has 1 atom stereocenters. The van der Waals surface area contributed by atoms with Gasteiger partial charge in [-0.1, -0.05) is 30.4 Å². The van der Waals surface area contributed by atoms with Crippen LogP contribution in [0.5, 0.6) is 0 Å². The molecule has 0 spiro atoms. The van der Waals surface area contributed by atoms with E-state index in [-0.39, 0.29) is 11.9 Å². The van der Waals surface area contributed by atoms with E-state index >= 15 is 0 Å². The van der Waals surface area contributed by atoms with Gasteiger partial charge < -0.3 is 10.6 Å². The molecule has 1 unspecified atom stereocenters. The number of piperazine rings is 1. The van der Waals surface area contributed by atoms with Gasteiger partial charge in [0.15, 0.2) is 0 Å². The van der Waals surface area contributed by atoms with Crippen LogP contribution in [0.4, 0.5) is 0 Å². The summed E-state index contributed by atoms with van der Waals surface area (Å²) in [6.07, 6.45) is 0. The highest BCUT2D eigenvalue weighted by Gasteiger charge is 2.26. The molecule has 1 fully saturated rings. The predicted molar refractivity (Wildman–Crippen MR) is 89.6 cm³/mol. The van der Waals surface area contributed by atoms with Crippen molar-refractivity contribution < 1.29 is 4.79 Å². The van der Waals surface area contributed by atoms with E-state index in [2.05, 4.69) is 4.90 Å². The molecule has 1 aliphatic heterocycles. The van der Waals surface area contributed by atoms with Crippen molar-refractivity contribution in [2.45, 2.75) is 26.8 Å². The molecule has 0 radical (unpaired) electrons. The first-order chi connectivity index (χ1) is 9.91. The molecular weight excluding hydrogens is 282 g/mol. The predicted octanol–water partition coefficient (Wildman–Crippen LogP) is 1.74. The minimum Gasteiger partial charge on any atom is -0.392 e. The van der Waals surface area contributed by atoms with Crippen molar-refractivity contribution in [3.63, 3.8) is 0 Å². The standard InChI is InChI=1S/C16H23N3OS/c1-11-5-4-6-12(2)14(11)16(20)19-9-7-18(8-10-19)13(3)15(17)21/h4-6,13H,7-10H2,1-3H3,(H2,17,21). The van der Waals surface area contributed by atoms with Crippen LogP contribution in [0.15, 0.2) is 18.2 Å². The summed E-state index contributed by atoms with van der Waals surface area (Å²) in [7, 11) is 0. The van der Waals surface area contributed by atoms with Crippen LogP contribution in [-0.2, 0) is 0 Å². The van der Waals surface area contributed by atoms with Crippen molar-refractivity contribution in [3.8, 4) is 0 Å². The number of amides is 1. The Bertz CT molecular complexity index is 530. The van der Waals surface area contributed by atoms with Gasteiger partial charge in [0, 0.05) is 31.7 Å². The minimum absolute atomic E-state index is 0.0949. The number of benzene rings is 1. The van der Waals surface area contributed by atoms with E-state index in [0.29, 0.717) is 4.99 Å². The fraction of sp³-hybridized carbons (Fsp3) is 0.500. The topological polar surface area (TPSA) is 49.6 Å². The molecule has 0 aliphatic carbocycles. The molecule has 1 saturated heterocycles. The average Bonchev–Trinajstić information content (AvgIpc) is 2.46. The zero-order chi connectivity index (χ0) is 15.6. The van der Waals surface area contributed by atoms with Gasteiger partial charge >= 0.3 is 0 Å².